The fourth-order valence-electron chi connectivity index (χ4n) is 2.36. The summed E-state index contributed by atoms with van der Waals surface area (Å²) >= 11 is 0. The Labute approximate surface area is 97.8 Å². The Balaban J connectivity index is 1.87. The van der Waals surface area contributed by atoms with E-state index in [1.165, 1.54) is 0 Å². The molecule has 0 amide bonds. The van der Waals surface area contributed by atoms with Gasteiger partial charge in [0.2, 0.25) is 0 Å². The molecule has 17 heavy (non-hydrogen) atoms. The molecular weight excluding hydrogens is 218 g/mol. The molecule has 0 spiro atoms. The van der Waals surface area contributed by atoms with E-state index in [1.807, 2.05) is 12.1 Å². The predicted molar refractivity (Wildman–Crippen MR) is 62.6 cm³/mol. The molecule has 3 N–H and O–H groups in total. The zero-order valence-electron chi connectivity index (χ0n) is 9.18. The molecule has 2 aromatic rings. The first-order valence-corrected chi connectivity index (χ1v) is 5.63. The van der Waals surface area contributed by atoms with Gasteiger partial charge in [-0.15, -0.1) is 0 Å². The van der Waals surface area contributed by atoms with Crippen LogP contribution in [-0.4, -0.2) is 27.8 Å². The number of hydrogen-bond acceptors (Lipinski definition) is 3. The smallest absolute Gasteiger partial charge is 0.307 e. The lowest BCUT2D eigenvalue weighted by Crippen LogP contribution is -2.17. The van der Waals surface area contributed by atoms with Gasteiger partial charge in [-0.25, -0.2) is 0 Å². The fourth-order valence-corrected chi connectivity index (χ4v) is 2.36. The van der Waals surface area contributed by atoms with Crippen molar-refractivity contribution in [3.05, 3.63) is 30.0 Å². The molecule has 3 rings (SSSR count). The van der Waals surface area contributed by atoms with Crippen LogP contribution in [0.5, 0.6) is 0 Å². The number of aromatic nitrogens is 2. The first kappa shape index (κ1) is 10.3. The number of aliphatic carboxylic acids is 1. The van der Waals surface area contributed by atoms with Gasteiger partial charge in [-0.3, -0.25) is 9.89 Å². The maximum Gasteiger partial charge on any atom is 0.307 e. The molecule has 1 aromatic heterocycles. The summed E-state index contributed by atoms with van der Waals surface area (Å²) in [5, 5.41) is 20.1. The lowest BCUT2D eigenvalue weighted by atomic mass is 9.99. The third-order valence-corrected chi connectivity index (χ3v) is 3.35. The highest BCUT2D eigenvalue weighted by Gasteiger charge is 2.30. The van der Waals surface area contributed by atoms with Crippen molar-refractivity contribution in [3.63, 3.8) is 0 Å². The molecule has 0 aliphatic carbocycles. The molecule has 88 valence electrons. The highest BCUT2D eigenvalue weighted by molar-refractivity contribution is 5.78. The Bertz CT molecular complexity index is 564. The van der Waals surface area contributed by atoms with E-state index in [0.29, 0.717) is 13.0 Å². The third-order valence-electron chi connectivity index (χ3n) is 3.35. The number of nitrogens with one attached hydrogen (secondary N) is 2. The van der Waals surface area contributed by atoms with Crippen molar-refractivity contribution in [2.24, 2.45) is 5.92 Å². The molecule has 1 aliphatic rings. The monoisotopic (exact) mass is 231 g/mol. The van der Waals surface area contributed by atoms with Crippen LogP contribution in [-0.2, 0) is 4.79 Å². The molecule has 2 atom stereocenters. The van der Waals surface area contributed by atoms with E-state index in [4.69, 9.17) is 5.11 Å². The van der Waals surface area contributed by atoms with Gasteiger partial charge in [0.05, 0.1) is 17.6 Å². The minimum atomic E-state index is -0.718. The first-order chi connectivity index (χ1) is 8.24. The molecule has 0 radical (unpaired) electrons. The van der Waals surface area contributed by atoms with Gasteiger partial charge in [-0.1, -0.05) is 6.07 Å². The minimum absolute atomic E-state index is 0.135. The summed E-state index contributed by atoms with van der Waals surface area (Å²) < 4.78 is 0. The topological polar surface area (TPSA) is 78.0 Å². The molecule has 0 bridgehead atoms. The normalized spacial score (nSPS) is 24.2. The molecule has 1 fully saturated rings. The van der Waals surface area contributed by atoms with Gasteiger partial charge in [0.15, 0.2) is 0 Å². The molecule has 5 nitrogen and oxygen atoms in total. The average Bonchev–Trinajstić information content (AvgIpc) is 2.97. The number of H-pyrrole nitrogens is 1. The van der Waals surface area contributed by atoms with Gasteiger partial charge in [-0.05, 0) is 24.1 Å². The number of fused-ring (bicyclic) bond motifs is 1. The third kappa shape index (κ3) is 1.78. The van der Waals surface area contributed by atoms with Gasteiger partial charge >= 0.3 is 5.97 Å². The van der Waals surface area contributed by atoms with Gasteiger partial charge < -0.3 is 10.4 Å². The zero-order chi connectivity index (χ0) is 11.8. The van der Waals surface area contributed by atoms with Crippen LogP contribution in [0.2, 0.25) is 0 Å². The molecule has 5 heteroatoms. The van der Waals surface area contributed by atoms with Crippen molar-refractivity contribution >= 4 is 16.9 Å². The SMILES string of the molecule is O=C(O)C1CNC(c2ccc3[nH]ncc3c2)C1. The van der Waals surface area contributed by atoms with Crippen molar-refractivity contribution in [1.29, 1.82) is 0 Å². The fraction of sp³-hybridized carbons (Fsp3) is 0.333. The van der Waals surface area contributed by atoms with E-state index in [2.05, 4.69) is 21.6 Å². The van der Waals surface area contributed by atoms with Crippen molar-refractivity contribution in [2.75, 3.05) is 6.54 Å². The summed E-state index contributed by atoms with van der Waals surface area (Å²) in [6.45, 7) is 0.545. The van der Waals surface area contributed by atoms with E-state index in [-0.39, 0.29) is 12.0 Å². The lowest BCUT2D eigenvalue weighted by Gasteiger charge is -2.10. The highest BCUT2D eigenvalue weighted by atomic mass is 16.4. The number of nitrogens with zero attached hydrogens (tertiary/aromatic N) is 1. The molecule has 1 aromatic carbocycles. The Kier molecular flexibility index (Phi) is 2.33. The van der Waals surface area contributed by atoms with Crippen LogP contribution in [0.25, 0.3) is 10.9 Å². The second kappa shape index (κ2) is 3.85. The predicted octanol–water partition coefficient (Wildman–Crippen LogP) is 1.30. The number of rotatable bonds is 2. The van der Waals surface area contributed by atoms with Crippen molar-refractivity contribution < 1.29 is 9.90 Å². The van der Waals surface area contributed by atoms with E-state index in [0.717, 1.165) is 16.5 Å². The lowest BCUT2D eigenvalue weighted by molar-refractivity contribution is -0.141. The molecular formula is C12H13N3O2. The van der Waals surface area contributed by atoms with Crippen molar-refractivity contribution in [2.45, 2.75) is 12.5 Å². The quantitative estimate of drug-likeness (QED) is 0.728. The number of carboxylic acid groups (broad SMARTS) is 1. The molecule has 0 saturated carbocycles. The Morgan fingerprint density at radius 3 is 3.12 bits per heavy atom. The van der Waals surface area contributed by atoms with E-state index >= 15 is 0 Å². The maximum absolute atomic E-state index is 10.9. The van der Waals surface area contributed by atoms with Crippen LogP contribution in [0.4, 0.5) is 0 Å². The molecule has 1 aliphatic heterocycles. The zero-order valence-corrected chi connectivity index (χ0v) is 9.18. The van der Waals surface area contributed by atoms with Gasteiger partial charge in [0, 0.05) is 18.0 Å². The number of carbonyl (C=O) groups is 1. The number of benzene rings is 1. The maximum atomic E-state index is 10.9. The summed E-state index contributed by atoms with van der Waals surface area (Å²) in [4.78, 5) is 10.9. The standard InChI is InChI=1S/C12H13N3O2/c16-12(17)9-4-11(13-5-9)7-1-2-10-8(3-7)6-14-15-10/h1-3,6,9,11,13H,4-5H2,(H,14,15)(H,16,17). The van der Waals surface area contributed by atoms with Crippen LogP contribution in [0.15, 0.2) is 24.4 Å². The molecule has 2 unspecified atom stereocenters. The minimum Gasteiger partial charge on any atom is -0.481 e. The second-order valence-electron chi connectivity index (χ2n) is 4.45. The largest absolute Gasteiger partial charge is 0.481 e. The van der Waals surface area contributed by atoms with Crippen LogP contribution in [0, 0.1) is 5.92 Å². The summed E-state index contributed by atoms with van der Waals surface area (Å²) in [5.74, 6) is -0.996. The Morgan fingerprint density at radius 2 is 2.35 bits per heavy atom. The van der Waals surface area contributed by atoms with E-state index in [1.54, 1.807) is 6.20 Å². The highest BCUT2D eigenvalue weighted by Crippen LogP contribution is 2.28. The van der Waals surface area contributed by atoms with Crippen molar-refractivity contribution in [3.8, 4) is 0 Å². The molecule has 1 saturated heterocycles. The summed E-state index contributed by atoms with van der Waals surface area (Å²) in [6, 6.07) is 6.19. The van der Waals surface area contributed by atoms with Crippen LogP contribution in [0.3, 0.4) is 0 Å². The van der Waals surface area contributed by atoms with E-state index < -0.39 is 5.97 Å². The first-order valence-electron chi connectivity index (χ1n) is 5.63. The van der Waals surface area contributed by atoms with Gasteiger partial charge in [0.25, 0.3) is 0 Å². The molecule has 2 heterocycles. The Morgan fingerprint density at radius 1 is 1.47 bits per heavy atom. The van der Waals surface area contributed by atoms with E-state index in [9.17, 15) is 4.79 Å². The van der Waals surface area contributed by atoms with Crippen LogP contribution < -0.4 is 5.32 Å². The second-order valence-corrected chi connectivity index (χ2v) is 4.45. The van der Waals surface area contributed by atoms with Crippen molar-refractivity contribution in [1.82, 2.24) is 15.5 Å². The average molecular weight is 231 g/mol. The summed E-state index contributed by atoms with van der Waals surface area (Å²) in [6.07, 6.45) is 2.43. The summed E-state index contributed by atoms with van der Waals surface area (Å²) in [7, 11) is 0. The number of aromatic amines is 1. The number of carboxylic acids is 1. The summed E-state index contributed by atoms with van der Waals surface area (Å²) in [5.41, 5.74) is 2.13. The van der Waals surface area contributed by atoms with Gasteiger partial charge in [0.1, 0.15) is 0 Å². The van der Waals surface area contributed by atoms with Crippen LogP contribution >= 0.6 is 0 Å². The Hall–Kier alpha value is -1.88. The van der Waals surface area contributed by atoms with Crippen LogP contribution in [0.1, 0.15) is 18.0 Å². The van der Waals surface area contributed by atoms with Gasteiger partial charge in [-0.2, -0.15) is 5.10 Å². The number of hydrogen-bond donors (Lipinski definition) is 3.